The van der Waals surface area contributed by atoms with Crippen LogP contribution in [0.2, 0.25) is 15.1 Å². The third-order valence-electron chi connectivity index (χ3n) is 3.00. The molecule has 0 atom stereocenters. The van der Waals surface area contributed by atoms with Crippen molar-refractivity contribution in [2.24, 2.45) is 4.99 Å². The van der Waals surface area contributed by atoms with E-state index in [1.165, 1.54) is 0 Å². The zero-order valence-corrected chi connectivity index (χ0v) is 14.6. The molecule has 116 valence electrons. The predicted octanol–water partition coefficient (Wildman–Crippen LogP) is 6.49. The van der Waals surface area contributed by atoms with Crippen molar-refractivity contribution in [3.8, 4) is 5.75 Å². The summed E-state index contributed by atoms with van der Waals surface area (Å²) in [6, 6.07) is 9.14. The fraction of sp³-hybridized carbons (Fsp3) is 0.235. The Morgan fingerprint density at radius 1 is 1.09 bits per heavy atom. The van der Waals surface area contributed by atoms with Crippen LogP contribution in [0, 0.1) is 6.92 Å². The van der Waals surface area contributed by atoms with E-state index in [1.807, 2.05) is 32.0 Å². The Balaban J connectivity index is 2.26. The summed E-state index contributed by atoms with van der Waals surface area (Å²) in [4.78, 5) is 4.44. The number of hydrogen-bond acceptors (Lipinski definition) is 2. The Kier molecular flexibility index (Phi) is 6.13. The number of nitrogens with zero attached hydrogens (tertiary/aromatic N) is 1. The lowest BCUT2D eigenvalue weighted by atomic mass is 10.2. The van der Waals surface area contributed by atoms with Crippen molar-refractivity contribution >= 4 is 46.7 Å². The molecule has 5 heteroatoms. The largest absolute Gasteiger partial charge is 0.490 e. The molecule has 2 aromatic carbocycles. The van der Waals surface area contributed by atoms with Crippen LogP contribution in [-0.4, -0.2) is 12.8 Å². The first kappa shape index (κ1) is 17.1. The standard InChI is InChI=1S/C17H16Cl3NO/c1-3-6-22-17-14(19)7-12(8-15(17)20)10-21-16-9-13(18)5-4-11(16)2/h4-5,7-10H,3,6H2,1-2H3. The summed E-state index contributed by atoms with van der Waals surface area (Å²) in [6.45, 7) is 4.58. The van der Waals surface area contributed by atoms with Gasteiger partial charge in [0, 0.05) is 11.2 Å². The second kappa shape index (κ2) is 7.87. The minimum Gasteiger partial charge on any atom is -0.490 e. The monoisotopic (exact) mass is 355 g/mol. The van der Waals surface area contributed by atoms with Gasteiger partial charge in [0.2, 0.25) is 0 Å². The maximum Gasteiger partial charge on any atom is 0.156 e. The molecule has 22 heavy (non-hydrogen) atoms. The van der Waals surface area contributed by atoms with Gasteiger partial charge in [-0.05, 0) is 48.7 Å². The van der Waals surface area contributed by atoms with Crippen LogP contribution in [0.15, 0.2) is 35.3 Å². The van der Waals surface area contributed by atoms with Gasteiger partial charge in [0.25, 0.3) is 0 Å². The van der Waals surface area contributed by atoms with E-state index in [-0.39, 0.29) is 0 Å². The summed E-state index contributed by atoms with van der Waals surface area (Å²) in [7, 11) is 0. The first-order valence-electron chi connectivity index (χ1n) is 6.93. The topological polar surface area (TPSA) is 21.6 Å². The average molecular weight is 357 g/mol. The Morgan fingerprint density at radius 3 is 2.41 bits per heavy atom. The molecule has 2 aromatic rings. The Hall–Kier alpha value is -1.22. The third-order valence-corrected chi connectivity index (χ3v) is 3.79. The highest BCUT2D eigenvalue weighted by Crippen LogP contribution is 2.34. The van der Waals surface area contributed by atoms with Crippen LogP contribution < -0.4 is 4.74 Å². The van der Waals surface area contributed by atoms with Crippen LogP contribution in [-0.2, 0) is 0 Å². The molecular formula is C17H16Cl3NO. The van der Waals surface area contributed by atoms with Crippen molar-refractivity contribution in [1.29, 1.82) is 0 Å². The first-order chi connectivity index (χ1) is 10.5. The molecule has 0 aliphatic carbocycles. The van der Waals surface area contributed by atoms with Crippen molar-refractivity contribution in [1.82, 2.24) is 0 Å². The highest BCUT2D eigenvalue weighted by molar-refractivity contribution is 6.37. The van der Waals surface area contributed by atoms with Crippen LogP contribution in [0.3, 0.4) is 0 Å². The average Bonchev–Trinajstić information content (AvgIpc) is 2.47. The molecule has 0 unspecified atom stereocenters. The zero-order valence-electron chi connectivity index (χ0n) is 12.4. The third kappa shape index (κ3) is 4.39. The Morgan fingerprint density at radius 2 is 1.77 bits per heavy atom. The molecule has 2 rings (SSSR count). The number of benzene rings is 2. The van der Waals surface area contributed by atoms with Crippen LogP contribution >= 0.6 is 34.8 Å². The van der Waals surface area contributed by atoms with Gasteiger partial charge in [0.05, 0.1) is 22.3 Å². The Bertz CT molecular complexity index is 675. The number of rotatable bonds is 5. The SMILES string of the molecule is CCCOc1c(Cl)cc(C=Nc2cc(Cl)ccc2C)cc1Cl. The van der Waals surface area contributed by atoms with Gasteiger partial charge >= 0.3 is 0 Å². The maximum absolute atomic E-state index is 6.22. The molecule has 0 N–H and O–H groups in total. The molecule has 0 fully saturated rings. The van der Waals surface area contributed by atoms with Gasteiger partial charge in [0.1, 0.15) is 0 Å². The lowest BCUT2D eigenvalue weighted by molar-refractivity contribution is 0.318. The van der Waals surface area contributed by atoms with Crippen LogP contribution in [0.25, 0.3) is 0 Å². The molecular weight excluding hydrogens is 341 g/mol. The fourth-order valence-electron chi connectivity index (χ4n) is 1.86. The van der Waals surface area contributed by atoms with Gasteiger partial charge in [0.15, 0.2) is 5.75 Å². The fourth-order valence-corrected chi connectivity index (χ4v) is 2.64. The lowest BCUT2D eigenvalue weighted by Gasteiger charge is -2.09. The predicted molar refractivity (Wildman–Crippen MR) is 95.7 cm³/mol. The second-order valence-electron chi connectivity index (χ2n) is 4.85. The molecule has 2 nitrogen and oxygen atoms in total. The number of aryl methyl sites for hydroxylation is 1. The van der Waals surface area contributed by atoms with Crippen LogP contribution in [0.1, 0.15) is 24.5 Å². The van der Waals surface area contributed by atoms with E-state index >= 15 is 0 Å². The van der Waals surface area contributed by atoms with Gasteiger partial charge in [-0.15, -0.1) is 0 Å². The molecule has 0 radical (unpaired) electrons. The Labute approximate surface area is 145 Å². The van der Waals surface area contributed by atoms with Gasteiger partial charge < -0.3 is 4.74 Å². The quantitative estimate of drug-likeness (QED) is 0.561. The summed E-state index contributed by atoms with van der Waals surface area (Å²) in [5, 5.41) is 1.60. The van der Waals surface area contributed by atoms with Crippen molar-refractivity contribution < 1.29 is 4.74 Å². The van der Waals surface area contributed by atoms with Crippen molar-refractivity contribution in [3.05, 3.63) is 56.5 Å². The van der Waals surface area contributed by atoms with Crippen LogP contribution in [0.4, 0.5) is 5.69 Å². The summed E-state index contributed by atoms with van der Waals surface area (Å²) in [5.74, 6) is 0.515. The number of ether oxygens (including phenoxy) is 1. The summed E-state index contributed by atoms with van der Waals surface area (Å²) >= 11 is 18.4. The second-order valence-corrected chi connectivity index (χ2v) is 6.10. The van der Waals surface area contributed by atoms with E-state index in [1.54, 1.807) is 18.3 Å². The molecule has 0 saturated heterocycles. The lowest BCUT2D eigenvalue weighted by Crippen LogP contribution is -1.97. The number of aliphatic imine (C=N–C) groups is 1. The van der Waals surface area contributed by atoms with E-state index in [4.69, 9.17) is 39.5 Å². The first-order valence-corrected chi connectivity index (χ1v) is 8.06. The van der Waals surface area contributed by atoms with E-state index in [0.717, 1.165) is 23.2 Å². The maximum atomic E-state index is 6.22. The van der Waals surface area contributed by atoms with Gasteiger partial charge in [-0.1, -0.05) is 47.8 Å². The molecule has 0 aliphatic heterocycles. The van der Waals surface area contributed by atoms with E-state index < -0.39 is 0 Å². The molecule has 0 aromatic heterocycles. The molecule has 0 spiro atoms. The number of halogens is 3. The molecule has 0 aliphatic rings. The van der Waals surface area contributed by atoms with E-state index in [0.29, 0.717) is 27.4 Å². The zero-order chi connectivity index (χ0) is 16.1. The molecule has 0 saturated carbocycles. The van der Waals surface area contributed by atoms with Crippen molar-refractivity contribution in [2.75, 3.05) is 6.61 Å². The summed E-state index contributed by atoms with van der Waals surface area (Å²) < 4.78 is 5.54. The molecule has 0 amide bonds. The van der Waals surface area contributed by atoms with Crippen LogP contribution in [0.5, 0.6) is 5.75 Å². The van der Waals surface area contributed by atoms with Crippen molar-refractivity contribution in [2.45, 2.75) is 20.3 Å². The minimum atomic E-state index is 0.477. The normalized spacial score (nSPS) is 11.1. The smallest absolute Gasteiger partial charge is 0.156 e. The van der Waals surface area contributed by atoms with Crippen molar-refractivity contribution in [3.63, 3.8) is 0 Å². The highest BCUT2D eigenvalue weighted by atomic mass is 35.5. The van der Waals surface area contributed by atoms with E-state index in [2.05, 4.69) is 4.99 Å². The van der Waals surface area contributed by atoms with E-state index in [9.17, 15) is 0 Å². The minimum absolute atomic E-state index is 0.477. The summed E-state index contributed by atoms with van der Waals surface area (Å²) in [6.07, 6.45) is 2.60. The molecule has 0 bridgehead atoms. The van der Waals surface area contributed by atoms with Gasteiger partial charge in [-0.2, -0.15) is 0 Å². The molecule has 0 heterocycles. The van der Waals surface area contributed by atoms with Gasteiger partial charge in [-0.25, -0.2) is 0 Å². The van der Waals surface area contributed by atoms with Gasteiger partial charge in [-0.3, -0.25) is 4.99 Å². The summed E-state index contributed by atoms with van der Waals surface area (Å²) in [5.41, 5.74) is 2.66. The highest BCUT2D eigenvalue weighted by Gasteiger charge is 2.09. The number of hydrogen-bond donors (Lipinski definition) is 0.